The molecule has 0 spiro atoms. The van der Waals surface area contributed by atoms with Gasteiger partial charge in [0.1, 0.15) is 0 Å². The molecule has 0 atom stereocenters. The van der Waals surface area contributed by atoms with Crippen LogP contribution in [0.3, 0.4) is 0 Å². The normalized spacial score (nSPS) is 11.4. The molecule has 0 saturated heterocycles. The van der Waals surface area contributed by atoms with Gasteiger partial charge in [0, 0.05) is 18.7 Å². The van der Waals surface area contributed by atoms with E-state index in [1.54, 1.807) is 6.08 Å². The second-order valence-electron chi connectivity index (χ2n) is 3.09. The topological polar surface area (TPSA) is 50.4 Å². The maximum atomic E-state index is 5.40. The van der Waals surface area contributed by atoms with Gasteiger partial charge < -0.3 is 11.1 Å². The van der Waals surface area contributed by atoms with Crippen LogP contribution in [0.4, 0.5) is 0 Å². The van der Waals surface area contributed by atoms with Crippen LogP contribution in [0.2, 0.25) is 0 Å². The Morgan fingerprint density at radius 1 is 1.57 bits per heavy atom. The van der Waals surface area contributed by atoms with Crippen LogP contribution in [0.25, 0.3) is 0 Å². The number of nitrogens with one attached hydrogen (secondary N) is 1. The summed E-state index contributed by atoms with van der Waals surface area (Å²) < 4.78 is 0. The van der Waals surface area contributed by atoms with Crippen molar-refractivity contribution < 1.29 is 0 Å². The molecule has 0 amide bonds. The predicted octanol–water partition coefficient (Wildman–Crippen LogP) is 1.48. The van der Waals surface area contributed by atoms with Gasteiger partial charge >= 0.3 is 0 Å². The lowest BCUT2D eigenvalue weighted by Gasteiger charge is -2.04. The summed E-state index contributed by atoms with van der Waals surface area (Å²) in [6.07, 6.45) is 3.61. The van der Waals surface area contributed by atoms with E-state index in [4.69, 9.17) is 5.73 Å². The second-order valence-corrected chi connectivity index (χ2v) is 3.09. The van der Waals surface area contributed by atoms with Crippen LogP contribution in [0, 0.1) is 0 Å². The molecule has 3 heteroatoms. The van der Waals surface area contributed by atoms with Crippen LogP contribution in [-0.2, 0) is 0 Å². The SMILES string of the molecule is C=CC(CNCCC)=NC(=C)CCN. The zero-order valence-electron chi connectivity index (χ0n) is 9.05. The molecule has 14 heavy (non-hydrogen) atoms. The minimum atomic E-state index is 0.592. The van der Waals surface area contributed by atoms with Crippen molar-refractivity contribution in [1.82, 2.24) is 5.32 Å². The van der Waals surface area contributed by atoms with E-state index in [9.17, 15) is 0 Å². The van der Waals surface area contributed by atoms with E-state index in [-0.39, 0.29) is 0 Å². The predicted molar refractivity (Wildman–Crippen MR) is 63.6 cm³/mol. The quantitative estimate of drug-likeness (QED) is 0.455. The molecule has 0 unspecified atom stereocenters. The number of nitrogens with zero attached hydrogens (tertiary/aromatic N) is 1. The van der Waals surface area contributed by atoms with Gasteiger partial charge in [0.25, 0.3) is 0 Å². The van der Waals surface area contributed by atoms with Crippen molar-refractivity contribution in [2.75, 3.05) is 19.6 Å². The highest BCUT2D eigenvalue weighted by Crippen LogP contribution is 1.98. The average Bonchev–Trinajstić information content (AvgIpc) is 2.17. The summed E-state index contributed by atoms with van der Waals surface area (Å²) in [6, 6.07) is 0. The molecule has 3 N–H and O–H groups in total. The van der Waals surface area contributed by atoms with Crippen molar-refractivity contribution >= 4 is 5.71 Å². The largest absolute Gasteiger partial charge is 0.330 e. The molecule has 0 saturated carbocycles. The summed E-state index contributed by atoms with van der Waals surface area (Å²) >= 11 is 0. The summed E-state index contributed by atoms with van der Waals surface area (Å²) in [5.41, 5.74) is 7.14. The van der Waals surface area contributed by atoms with Gasteiger partial charge in [0.2, 0.25) is 0 Å². The van der Waals surface area contributed by atoms with Crippen molar-refractivity contribution in [2.45, 2.75) is 19.8 Å². The van der Waals surface area contributed by atoms with E-state index in [0.717, 1.165) is 37.3 Å². The van der Waals surface area contributed by atoms with E-state index in [1.165, 1.54) is 0 Å². The van der Waals surface area contributed by atoms with Crippen LogP contribution in [0.1, 0.15) is 19.8 Å². The van der Waals surface area contributed by atoms with Crippen LogP contribution in [0.15, 0.2) is 29.9 Å². The van der Waals surface area contributed by atoms with E-state index in [0.29, 0.717) is 6.54 Å². The third kappa shape index (κ3) is 6.57. The molecule has 0 rings (SSSR count). The molecule has 0 aromatic heterocycles. The van der Waals surface area contributed by atoms with Gasteiger partial charge in [-0.15, -0.1) is 0 Å². The molecule has 80 valence electrons. The van der Waals surface area contributed by atoms with Crippen molar-refractivity contribution in [1.29, 1.82) is 0 Å². The summed E-state index contributed by atoms with van der Waals surface area (Å²) in [6.45, 7) is 12.0. The number of hydrogen-bond donors (Lipinski definition) is 2. The zero-order chi connectivity index (χ0) is 10.8. The first-order valence-electron chi connectivity index (χ1n) is 5.03. The zero-order valence-corrected chi connectivity index (χ0v) is 9.05. The fourth-order valence-electron chi connectivity index (χ4n) is 0.976. The monoisotopic (exact) mass is 195 g/mol. The third-order valence-electron chi connectivity index (χ3n) is 1.70. The summed E-state index contributed by atoms with van der Waals surface area (Å²) in [5, 5.41) is 3.26. The number of aliphatic imine (C=N–C) groups is 1. The molecule has 0 aliphatic carbocycles. The molecule has 3 nitrogen and oxygen atoms in total. The Morgan fingerprint density at radius 3 is 2.79 bits per heavy atom. The number of hydrogen-bond acceptors (Lipinski definition) is 3. The first-order chi connectivity index (χ1) is 6.74. The van der Waals surface area contributed by atoms with E-state index in [1.807, 2.05) is 0 Å². The minimum Gasteiger partial charge on any atom is -0.330 e. The van der Waals surface area contributed by atoms with Crippen LogP contribution >= 0.6 is 0 Å². The fourth-order valence-corrected chi connectivity index (χ4v) is 0.976. The second kappa shape index (κ2) is 8.66. The van der Waals surface area contributed by atoms with Crippen LogP contribution in [0.5, 0.6) is 0 Å². The smallest absolute Gasteiger partial charge is 0.0538 e. The van der Waals surface area contributed by atoms with Gasteiger partial charge in [-0.25, -0.2) is 0 Å². The molecule has 0 heterocycles. The maximum absolute atomic E-state index is 5.40. The van der Waals surface area contributed by atoms with Crippen LogP contribution in [-0.4, -0.2) is 25.3 Å². The molecular weight excluding hydrogens is 174 g/mol. The molecular formula is C11H21N3. The Balaban J connectivity index is 3.97. The highest BCUT2D eigenvalue weighted by atomic mass is 14.9. The molecule has 0 bridgehead atoms. The van der Waals surface area contributed by atoms with Gasteiger partial charge in [-0.05, 0) is 25.6 Å². The Hall–Kier alpha value is -0.930. The summed E-state index contributed by atoms with van der Waals surface area (Å²) in [7, 11) is 0. The molecule has 0 aromatic carbocycles. The lowest BCUT2D eigenvalue weighted by atomic mass is 10.3. The van der Waals surface area contributed by atoms with Gasteiger partial charge in [-0.2, -0.15) is 0 Å². The van der Waals surface area contributed by atoms with E-state index >= 15 is 0 Å². The highest BCUT2D eigenvalue weighted by Gasteiger charge is 1.94. The van der Waals surface area contributed by atoms with Crippen molar-refractivity contribution in [3.63, 3.8) is 0 Å². The number of rotatable bonds is 8. The average molecular weight is 195 g/mol. The van der Waals surface area contributed by atoms with Crippen molar-refractivity contribution in [3.05, 3.63) is 24.9 Å². The third-order valence-corrected chi connectivity index (χ3v) is 1.70. The van der Waals surface area contributed by atoms with Crippen LogP contribution < -0.4 is 11.1 Å². The first kappa shape index (κ1) is 13.1. The molecule has 0 aliphatic heterocycles. The van der Waals surface area contributed by atoms with Gasteiger partial charge in [0.15, 0.2) is 0 Å². The maximum Gasteiger partial charge on any atom is 0.0538 e. The minimum absolute atomic E-state index is 0.592. The first-order valence-corrected chi connectivity index (χ1v) is 5.03. The van der Waals surface area contributed by atoms with Gasteiger partial charge in [-0.3, -0.25) is 4.99 Å². The van der Waals surface area contributed by atoms with E-state index < -0.39 is 0 Å². The Kier molecular flexibility index (Phi) is 8.08. The van der Waals surface area contributed by atoms with Gasteiger partial charge in [-0.1, -0.05) is 20.1 Å². The molecule has 0 aromatic rings. The summed E-state index contributed by atoms with van der Waals surface area (Å²) in [5.74, 6) is 0. The molecule has 0 fully saturated rings. The fraction of sp³-hybridized carbons (Fsp3) is 0.545. The highest BCUT2D eigenvalue weighted by molar-refractivity contribution is 5.96. The summed E-state index contributed by atoms with van der Waals surface area (Å²) in [4.78, 5) is 4.32. The Bertz CT molecular complexity index is 207. The molecule has 0 aliphatic rings. The van der Waals surface area contributed by atoms with Crippen molar-refractivity contribution in [2.24, 2.45) is 10.7 Å². The van der Waals surface area contributed by atoms with Gasteiger partial charge in [0.05, 0.1) is 5.71 Å². The standard InChI is InChI=1S/C11H21N3/c1-4-8-13-9-11(5-2)14-10(3)6-7-12/h5,13H,2-4,6-9,12H2,1H3. The van der Waals surface area contributed by atoms with E-state index in [2.05, 4.69) is 30.4 Å². The lowest BCUT2D eigenvalue weighted by molar-refractivity contribution is 0.741. The lowest BCUT2D eigenvalue weighted by Crippen LogP contribution is -2.22. The number of nitrogens with two attached hydrogens (primary N) is 1. The Labute approximate surface area is 86.8 Å². The van der Waals surface area contributed by atoms with Crippen molar-refractivity contribution in [3.8, 4) is 0 Å². The molecule has 0 radical (unpaired) electrons. The Morgan fingerprint density at radius 2 is 2.29 bits per heavy atom.